The van der Waals surface area contributed by atoms with Crippen molar-refractivity contribution in [3.63, 3.8) is 0 Å². The summed E-state index contributed by atoms with van der Waals surface area (Å²) in [6.45, 7) is 4.29. The van der Waals surface area contributed by atoms with E-state index in [4.69, 9.17) is 4.74 Å². The van der Waals surface area contributed by atoms with Crippen LogP contribution >= 0.6 is 0 Å². The standard InChI is InChI=1S/C16H24FN3O3/c1-9-5-15(23-10(9)2)16(22)19-12-6-13(18-7-11(12)17)14(21)8-20(3)4/h6-7,9-10,14-15,21H,5,8H2,1-4H3,(H,18,19,22). The van der Waals surface area contributed by atoms with E-state index in [1.54, 1.807) is 4.90 Å². The summed E-state index contributed by atoms with van der Waals surface area (Å²) in [6, 6.07) is 1.36. The zero-order valence-corrected chi connectivity index (χ0v) is 13.9. The number of anilines is 1. The van der Waals surface area contributed by atoms with E-state index in [-0.39, 0.29) is 23.6 Å². The fourth-order valence-corrected chi connectivity index (χ4v) is 2.53. The molecule has 1 fully saturated rings. The summed E-state index contributed by atoms with van der Waals surface area (Å²) in [5.41, 5.74) is 0.318. The van der Waals surface area contributed by atoms with Crippen LogP contribution in [0.15, 0.2) is 12.3 Å². The highest BCUT2D eigenvalue weighted by Crippen LogP contribution is 2.27. The van der Waals surface area contributed by atoms with Crippen LogP contribution in [0.3, 0.4) is 0 Å². The van der Waals surface area contributed by atoms with Crippen molar-refractivity contribution in [2.45, 2.75) is 38.6 Å². The van der Waals surface area contributed by atoms with Crippen molar-refractivity contribution in [3.8, 4) is 0 Å². The maximum atomic E-state index is 13.9. The summed E-state index contributed by atoms with van der Waals surface area (Å²) >= 11 is 0. The molecule has 0 spiro atoms. The Morgan fingerprint density at radius 3 is 2.83 bits per heavy atom. The van der Waals surface area contributed by atoms with Crippen molar-refractivity contribution >= 4 is 11.6 Å². The molecule has 2 N–H and O–H groups in total. The van der Waals surface area contributed by atoms with E-state index in [0.29, 0.717) is 18.7 Å². The Hall–Kier alpha value is -1.57. The molecular formula is C16H24FN3O3. The first-order valence-corrected chi connectivity index (χ1v) is 7.72. The number of likely N-dealkylation sites (N-methyl/N-ethyl adjacent to an activating group) is 1. The average Bonchev–Trinajstić information content (AvgIpc) is 2.80. The lowest BCUT2D eigenvalue weighted by molar-refractivity contribution is -0.126. The van der Waals surface area contributed by atoms with Crippen LogP contribution in [0.5, 0.6) is 0 Å². The van der Waals surface area contributed by atoms with Crippen molar-refractivity contribution < 1.29 is 19.0 Å². The minimum absolute atomic E-state index is 0.00510. The van der Waals surface area contributed by atoms with Crippen LogP contribution in [0.2, 0.25) is 0 Å². The van der Waals surface area contributed by atoms with E-state index in [1.807, 2.05) is 27.9 Å². The van der Waals surface area contributed by atoms with Gasteiger partial charge < -0.3 is 20.1 Å². The second kappa shape index (κ2) is 7.33. The zero-order valence-electron chi connectivity index (χ0n) is 13.9. The number of nitrogens with one attached hydrogen (secondary N) is 1. The highest BCUT2D eigenvalue weighted by Gasteiger charge is 2.34. The molecule has 2 rings (SSSR count). The highest BCUT2D eigenvalue weighted by molar-refractivity contribution is 5.94. The van der Waals surface area contributed by atoms with Gasteiger partial charge in [0, 0.05) is 6.54 Å². The summed E-state index contributed by atoms with van der Waals surface area (Å²) < 4.78 is 19.5. The molecule has 0 aromatic carbocycles. The van der Waals surface area contributed by atoms with E-state index in [1.165, 1.54) is 6.07 Å². The number of aromatic nitrogens is 1. The molecule has 1 aromatic heterocycles. The number of halogens is 1. The number of ether oxygens (including phenoxy) is 1. The van der Waals surface area contributed by atoms with Gasteiger partial charge in [-0.1, -0.05) is 6.92 Å². The Morgan fingerprint density at radius 2 is 2.26 bits per heavy atom. The van der Waals surface area contributed by atoms with E-state index >= 15 is 0 Å². The molecule has 0 bridgehead atoms. The van der Waals surface area contributed by atoms with Gasteiger partial charge in [-0.2, -0.15) is 0 Å². The summed E-state index contributed by atoms with van der Waals surface area (Å²) in [4.78, 5) is 17.9. The maximum Gasteiger partial charge on any atom is 0.253 e. The molecule has 0 aliphatic carbocycles. The second-order valence-corrected chi connectivity index (χ2v) is 6.40. The number of amides is 1. The van der Waals surface area contributed by atoms with Gasteiger partial charge in [0.15, 0.2) is 5.82 Å². The summed E-state index contributed by atoms with van der Waals surface area (Å²) in [5.74, 6) is -0.733. The topological polar surface area (TPSA) is 74.7 Å². The zero-order chi connectivity index (χ0) is 17.1. The number of aliphatic hydroxyl groups is 1. The van der Waals surface area contributed by atoms with Gasteiger partial charge in [-0.05, 0) is 39.4 Å². The van der Waals surface area contributed by atoms with Crippen LogP contribution in [-0.4, -0.2) is 53.7 Å². The predicted octanol–water partition coefficient (Wildman–Crippen LogP) is 1.57. The lowest BCUT2D eigenvalue weighted by atomic mass is 10.0. The molecular weight excluding hydrogens is 301 g/mol. The Kier molecular flexibility index (Phi) is 5.67. The molecule has 6 nitrogen and oxygen atoms in total. The predicted molar refractivity (Wildman–Crippen MR) is 84.5 cm³/mol. The molecule has 128 valence electrons. The van der Waals surface area contributed by atoms with E-state index in [9.17, 15) is 14.3 Å². The van der Waals surface area contributed by atoms with Crippen molar-refractivity contribution in [2.75, 3.05) is 26.0 Å². The normalized spacial score (nSPS) is 25.6. The number of rotatable bonds is 5. The van der Waals surface area contributed by atoms with Crippen LogP contribution in [0, 0.1) is 11.7 Å². The molecule has 7 heteroatoms. The van der Waals surface area contributed by atoms with E-state index in [0.717, 1.165) is 6.20 Å². The van der Waals surface area contributed by atoms with Crippen LogP contribution in [-0.2, 0) is 9.53 Å². The molecule has 1 amide bonds. The van der Waals surface area contributed by atoms with Crippen molar-refractivity contribution in [1.82, 2.24) is 9.88 Å². The number of pyridine rings is 1. The first kappa shape index (κ1) is 17.8. The van der Waals surface area contributed by atoms with Gasteiger partial charge in [0.25, 0.3) is 5.91 Å². The van der Waals surface area contributed by atoms with Gasteiger partial charge in [-0.25, -0.2) is 4.39 Å². The number of aliphatic hydroxyl groups excluding tert-OH is 1. The molecule has 2 heterocycles. The first-order chi connectivity index (χ1) is 10.8. The number of hydrogen-bond donors (Lipinski definition) is 2. The second-order valence-electron chi connectivity index (χ2n) is 6.40. The van der Waals surface area contributed by atoms with Crippen LogP contribution in [0.25, 0.3) is 0 Å². The van der Waals surface area contributed by atoms with Gasteiger partial charge in [0.05, 0.1) is 23.7 Å². The number of hydrogen-bond acceptors (Lipinski definition) is 5. The number of nitrogens with zero attached hydrogens (tertiary/aromatic N) is 2. The summed E-state index contributed by atoms with van der Waals surface area (Å²) in [6.07, 6.45) is 0.178. The minimum Gasteiger partial charge on any atom is -0.385 e. The molecule has 0 radical (unpaired) electrons. The van der Waals surface area contributed by atoms with E-state index in [2.05, 4.69) is 10.3 Å². The minimum atomic E-state index is -0.857. The summed E-state index contributed by atoms with van der Waals surface area (Å²) in [7, 11) is 3.63. The third-order valence-corrected chi connectivity index (χ3v) is 4.07. The Bertz CT molecular complexity index is 558. The molecule has 0 saturated carbocycles. The van der Waals surface area contributed by atoms with Gasteiger partial charge in [0.1, 0.15) is 12.2 Å². The molecule has 4 atom stereocenters. The molecule has 1 aromatic rings. The lowest BCUT2D eigenvalue weighted by Gasteiger charge is -2.17. The van der Waals surface area contributed by atoms with Crippen LogP contribution < -0.4 is 5.32 Å². The van der Waals surface area contributed by atoms with Crippen LogP contribution in [0.4, 0.5) is 10.1 Å². The number of carbonyl (C=O) groups excluding carboxylic acids is 1. The fourth-order valence-electron chi connectivity index (χ4n) is 2.53. The largest absolute Gasteiger partial charge is 0.385 e. The van der Waals surface area contributed by atoms with Crippen molar-refractivity contribution in [3.05, 3.63) is 23.8 Å². The third kappa shape index (κ3) is 4.46. The van der Waals surface area contributed by atoms with Gasteiger partial charge in [-0.15, -0.1) is 0 Å². The van der Waals surface area contributed by atoms with Crippen molar-refractivity contribution in [1.29, 1.82) is 0 Å². The summed E-state index contributed by atoms with van der Waals surface area (Å²) in [5, 5.41) is 12.6. The van der Waals surface area contributed by atoms with Crippen molar-refractivity contribution in [2.24, 2.45) is 5.92 Å². The SMILES string of the molecule is CC1CC(C(=O)Nc2cc(C(O)CN(C)C)ncc2F)OC1C. The monoisotopic (exact) mass is 325 g/mol. The fraction of sp³-hybridized carbons (Fsp3) is 0.625. The van der Waals surface area contributed by atoms with Gasteiger partial charge >= 0.3 is 0 Å². The first-order valence-electron chi connectivity index (χ1n) is 7.72. The third-order valence-electron chi connectivity index (χ3n) is 4.07. The Labute approximate surface area is 135 Å². The molecule has 1 saturated heterocycles. The maximum absolute atomic E-state index is 13.9. The Balaban J connectivity index is 2.08. The molecule has 4 unspecified atom stereocenters. The van der Waals surface area contributed by atoms with Crippen LogP contribution in [0.1, 0.15) is 32.1 Å². The molecule has 1 aliphatic rings. The molecule has 23 heavy (non-hydrogen) atoms. The highest BCUT2D eigenvalue weighted by atomic mass is 19.1. The average molecular weight is 325 g/mol. The van der Waals surface area contributed by atoms with E-state index < -0.39 is 18.0 Å². The quantitative estimate of drug-likeness (QED) is 0.859. The smallest absolute Gasteiger partial charge is 0.253 e. The number of carbonyl (C=O) groups is 1. The Morgan fingerprint density at radius 1 is 1.57 bits per heavy atom. The lowest BCUT2D eigenvalue weighted by Crippen LogP contribution is -2.28. The van der Waals surface area contributed by atoms with Gasteiger partial charge in [0.2, 0.25) is 0 Å². The molecule has 1 aliphatic heterocycles. The van der Waals surface area contributed by atoms with Gasteiger partial charge in [-0.3, -0.25) is 9.78 Å².